The first-order valence-electron chi connectivity index (χ1n) is 7.96. The molecule has 0 N–H and O–H groups in total. The molecule has 1 aliphatic heterocycles. The Labute approximate surface area is 140 Å². The lowest BCUT2D eigenvalue weighted by atomic mass is 9.80. The predicted octanol–water partition coefficient (Wildman–Crippen LogP) is 3.13. The molecule has 0 aromatic heterocycles. The molecule has 6 heteroatoms. The maximum absolute atomic E-state index is 12.6. The summed E-state index contributed by atoms with van der Waals surface area (Å²) in [6, 6.07) is 7.47. The molecule has 0 radical (unpaired) electrons. The highest BCUT2D eigenvalue weighted by Crippen LogP contribution is 2.35. The molecule has 3 rings (SSSR count). The summed E-state index contributed by atoms with van der Waals surface area (Å²) in [7, 11) is 1.27. The molecule has 1 aliphatic carbocycles. The highest BCUT2D eigenvalue weighted by atomic mass is 16.7. The van der Waals surface area contributed by atoms with Crippen molar-refractivity contribution in [2.45, 2.75) is 38.4 Å². The number of aryl methyl sites for hydroxylation is 1. The van der Waals surface area contributed by atoms with Crippen LogP contribution in [0.1, 0.15) is 24.8 Å². The van der Waals surface area contributed by atoms with E-state index in [4.69, 9.17) is 14.2 Å². The Kier molecular flexibility index (Phi) is 4.74. The van der Waals surface area contributed by atoms with Gasteiger partial charge < -0.3 is 18.9 Å². The molecule has 1 heterocycles. The number of fused-ring (bicyclic) bond motifs is 1. The molecule has 2 aliphatic rings. The van der Waals surface area contributed by atoms with Crippen LogP contribution in [0, 0.1) is 12.8 Å². The summed E-state index contributed by atoms with van der Waals surface area (Å²) in [4.78, 5) is 23.8. The second kappa shape index (κ2) is 6.95. The van der Waals surface area contributed by atoms with Crippen molar-refractivity contribution in [1.29, 1.82) is 0 Å². The number of hydrogen-bond acceptors (Lipinski definition) is 6. The first-order valence-corrected chi connectivity index (χ1v) is 7.96. The summed E-state index contributed by atoms with van der Waals surface area (Å²) in [6.45, 7) is 1.98. The van der Waals surface area contributed by atoms with E-state index in [1.807, 2.05) is 31.2 Å². The van der Waals surface area contributed by atoms with E-state index >= 15 is 0 Å². The molecule has 3 unspecified atom stereocenters. The predicted molar refractivity (Wildman–Crippen MR) is 84.4 cm³/mol. The summed E-state index contributed by atoms with van der Waals surface area (Å²) >= 11 is 0. The van der Waals surface area contributed by atoms with Crippen molar-refractivity contribution in [2.75, 3.05) is 7.11 Å². The molecular weight excluding hydrogens is 312 g/mol. The molecule has 0 bridgehead atoms. The molecule has 3 atom stereocenters. The number of methoxy groups -OCH3 is 1. The van der Waals surface area contributed by atoms with Crippen LogP contribution in [0.5, 0.6) is 5.75 Å². The van der Waals surface area contributed by atoms with E-state index in [1.165, 1.54) is 13.4 Å². The second-order valence-electron chi connectivity index (χ2n) is 6.05. The van der Waals surface area contributed by atoms with E-state index in [1.54, 1.807) is 0 Å². The molecule has 1 saturated carbocycles. The fraction of sp³-hybridized carbons (Fsp3) is 0.444. The maximum atomic E-state index is 12.6. The summed E-state index contributed by atoms with van der Waals surface area (Å²) < 4.78 is 21.0. The van der Waals surface area contributed by atoms with Crippen LogP contribution in [0.3, 0.4) is 0 Å². The van der Waals surface area contributed by atoms with Gasteiger partial charge in [0.2, 0.25) is 11.5 Å². The number of ketones is 1. The molecule has 0 saturated heterocycles. The van der Waals surface area contributed by atoms with Crippen molar-refractivity contribution < 1.29 is 28.5 Å². The van der Waals surface area contributed by atoms with Gasteiger partial charge in [-0.15, -0.1) is 0 Å². The molecule has 0 spiro atoms. The van der Waals surface area contributed by atoms with Gasteiger partial charge in [0, 0.05) is 6.42 Å². The monoisotopic (exact) mass is 332 g/mol. The lowest BCUT2D eigenvalue weighted by Gasteiger charge is -2.36. The van der Waals surface area contributed by atoms with E-state index in [0.29, 0.717) is 25.0 Å². The lowest BCUT2D eigenvalue weighted by molar-refractivity contribution is -0.132. The Morgan fingerprint density at radius 3 is 2.67 bits per heavy atom. The third kappa shape index (κ3) is 3.53. The van der Waals surface area contributed by atoms with Crippen LogP contribution in [0.15, 0.2) is 36.3 Å². The van der Waals surface area contributed by atoms with Crippen LogP contribution < -0.4 is 4.74 Å². The average Bonchev–Trinajstić information content (AvgIpc) is 2.59. The number of Topliss-reactive ketones (excluding diaryl/α,β-unsaturated/α-hetero) is 1. The van der Waals surface area contributed by atoms with Crippen LogP contribution in [0.25, 0.3) is 0 Å². The van der Waals surface area contributed by atoms with Crippen LogP contribution in [-0.4, -0.2) is 31.3 Å². The molecule has 128 valence electrons. The molecule has 1 aromatic carbocycles. The minimum atomic E-state index is -0.709. The third-order valence-corrected chi connectivity index (χ3v) is 4.35. The number of allylic oxidation sites excluding steroid dienone is 1. The van der Waals surface area contributed by atoms with Crippen LogP contribution in [0.2, 0.25) is 0 Å². The van der Waals surface area contributed by atoms with Crippen LogP contribution in [0.4, 0.5) is 4.79 Å². The zero-order valence-corrected chi connectivity index (χ0v) is 13.7. The number of carbonyl (C=O) groups excluding carboxylic acids is 2. The zero-order valence-electron chi connectivity index (χ0n) is 13.7. The van der Waals surface area contributed by atoms with E-state index < -0.39 is 6.16 Å². The molecular formula is C18H20O6. The molecule has 24 heavy (non-hydrogen) atoms. The minimum Gasteiger partial charge on any atom is -0.493 e. The maximum Gasteiger partial charge on any atom is 0.508 e. The van der Waals surface area contributed by atoms with Gasteiger partial charge in [-0.2, -0.15) is 0 Å². The van der Waals surface area contributed by atoms with Gasteiger partial charge in [0.05, 0.1) is 13.0 Å². The number of rotatable bonds is 3. The van der Waals surface area contributed by atoms with Crippen molar-refractivity contribution in [3.8, 4) is 5.75 Å². The number of carbonyl (C=O) groups is 2. The van der Waals surface area contributed by atoms with Gasteiger partial charge in [-0.1, -0.05) is 17.7 Å². The Morgan fingerprint density at radius 2 is 1.96 bits per heavy atom. The Balaban J connectivity index is 1.64. The number of hydrogen-bond donors (Lipinski definition) is 0. The first-order chi connectivity index (χ1) is 11.6. The Morgan fingerprint density at radius 1 is 1.21 bits per heavy atom. The van der Waals surface area contributed by atoms with E-state index in [0.717, 1.165) is 5.56 Å². The van der Waals surface area contributed by atoms with E-state index in [2.05, 4.69) is 4.74 Å². The number of benzene rings is 1. The second-order valence-corrected chi connectivity index (χ2v) is 6.05. The largest absolute Gasteiger partial charge is 0.508 e. The quantitative estimate of drug-likeness (QED) is 0.792. The minimum absolute atomic E-state index is 0.0663. The van der Waals surface area contributed by atoms with Gasteiger partial charge in [0.15, 0.2) is 0 Å². The van der Waals surface area contributed by atoms with Crippen LogP contribution in [-0.2, 0) is 19.0 Å². The van der Waals surface area contributed by atoms with Crippen molar-refractivity contribution in [1.82, 2.24) is 0 Å². The van der Waals surface area contributed by atoms with Gasteiger partial charge in [0.25, 0.3) is 0 Å². The van der Waals surface area contributed by atoms with E-state index in [-0.39, 0.29) is 29.7 Å². The topological polar surface area (TPSA) is 71.1 Å². The molecule has 1 fully saturated rings. The van der Waals surface area contributed by atoms with Gasteiger partial charge in [-0.3, -0.25) is 4.79 Å². The molecule has 0 amide bonds. The van der Waals surface area contributed by atoms with Gasteiger partial charge >= 0.3 is 6.16 Å². The van der Waals surface area contributed by atoms with Crippen molar-refractivity contribution in [2.24, 2.45) is 5.92 Å². The smallest absolute Gasteiger partial charge is 0.493 e. The average molecular weight is 332 g/mol. The normalized spacial score (nSPS) is 25.8. The van der Waals surface area contributed by atoms with Crippen molar-refractivity contribution in [3.63, 3.8) is 0 Å². The highest BCUT2D eigenvalue weighted by Gasteiger charge is 2.42. The molecule has 1 aromatic rings. The summed E-state index contributed by atoms with van der Waals surface area (Å²) in [6.07, 6.45) is 1.72. The first kappa shape index (κ1) is 16.4. The zero-order chi connectivity index (χ0) is 17.1. The third-order valence-electron chi connectivity index (χ3n) is 4.35. The lowest BCUT2D eigenvalue weighted by Crippen LogP contribution is -2.43. The highest BCUT2D eigenvalue weighted by molar-refractivity contribution is 5.96. The summed E-state index contributed by atoms with van der Waals surface area (Å²) in [5.74, 6) is 0.480. The fourth-order valence-electron chi connectivity index (χ4n) is 3.03. The molecule has 6 nitrogen and oxygen atoms in total. The van der Waals surface area contributed by atoms with Gasteiger partial charge in [0.1, 0.15) is 24.2 Å². The standard InChI is InChI=1S/C18H20O6/c1-11-3-5-12(6-4-11)23-16-10-22-15-9-13(24-18(20)21-2)7-8-14(15)17(16)19/h3-6,10,13-15H,7-9H2,1-2H3. The Bertz CT molecular complexity index is 648. The van der Waals surface area contributed by atoms with Gasteiger partial charge in [-0.25, -0.2) is 4.79 Å². The fourth-order valence-corrected chi connectivity index (χ4v) is 3.03. The van der Waals surface area contributed by atoms with Crippen LogP contribution >= 0.6 is 0 Å². The summed E-state index contributed by atoms with van der Waals surface area (Å²) in [5, 5.41) is 0. The Hall–Kier alpha value is -2.50. The van der Waals surface area contributed by atoms with E-state index in [9.17, 15) is 9.59 Å². The number of ether oxygens (including phenoxy) is 4. The van der Waals surface area contributed by atoms with Crippen molar-refractivity contribution >= 4 is 11.9 Å². The van der Waals surface area contributed by atoms with Gasteiger partial charge in [-0.05, 0) is 31.9 Å². The van der Waals surface area contributed by atoms with Crippen molar-refractivity contribution in [3.05, 3.63) is 41.9 Å². The SMILES string of the molecule is COC(=O)OC1CCC2C(=O)C(Oc3ccc(C)cc3)=COC2C1. The summed E-state index contributed by atoms with van der Waals surface area (Å²) in [5.41, 5.74) is 1.12.